The van der Waals surface area contributed by atoms with E-state index < -0.39 is 0 Å². The summed E-state index contributed by atoms with van der Waals surface area (Å²) in [6, 6.07) is 11.5. The zero-order valence-electron chi connectivity index (χ0n) is 18.7. The molecule has 1 saturated heterocycles. The van der Waals surface area contributed by atoms with Gasteiger partial charge in [-0.05, 0) is 30.2 Å². The van der Waals surface area contributed by atoms with Gasteiger partial charge in [0.15, 0.2) is 0 Å². The molecule has 0 bridgehead atoms. The number of para-hydroxylation sites is 1. The standard InChI is InChI=1S/C24H28N6O3/c1-2-18-5-3-4-6-20(18)26-21(31)17-29-13-15-30(16-14-29)23(32)8-7-22-27-24(28-33-22)19-9-11-25-12-10-19/h3-6,9-12H,2,7-8,13-17H2,1H3,(H,26,31). The minimum absolute atomic E-state index is 0.0305. The summed E-state index contributed by atoms with van der Waals surface area (Å²) in [5, 5.41) is 6.98. The van der Waals surface area contributed by atoms with E-state index in [1.807, 2.05) is 41.3 Å². The van der Waals surface area contributed by atoms with E-state index in [2.05, 4.69) is 32.3 Å². The number of carbonyl (C=O) groups excluding carboxylic acids is 2. The van der Waals surface area contributed by atoms with E-state index in [0.29, 0.717) is 57.3 Å². The molecule has 0 saturated carbocycles. The number of aryl methyl sites for hydroxylation is 2. The van der Waals surface area contributed by atoms with E-state index in [1.54, 1.807) is 12.4 Å². The summed E-state index contributed by atoms with van der Waals surface area (Å²) in [6.45, 7) is 4.93. The first kappa shape index (κ1) is 22.6. The summed E-state index contributed by atoms with van der Waals surface area (Å²) in [5.74, 6) is 0.961. The quantitative estimate of drug-likeness (QED) is 0.564. The first-order valence-electron chi connectivity index (χ1n) is 11.2. The second-order valence-electron chi connectivity index (χ2n) is 7.96. The number of nitrogens with zero attached hydrogens (tertiary/aromatic N) is 5. The maximum absolute atomic E-state index is 12.6. The molecule has 33 heavy (non-hydrogen) atoms. The predicted molar refractivity (Wildman–Crippen MR) is 123 cm³/mol. The van der Waals surface area contributed by atoms with E-state index in [4.69, 9.17) is 4.52 Å². The SMILES string of the molecule is CCc1ccccc1NC(=O)CN1CCN(C(=O)CCc2nc(-c3ccncc3)no2)CC1. The normalized spacial score (nSPS) is 14.3. The van der Waals surface area contributed by atoms with Crippen LogP contribution in [0.15, 0.2) is 53.3 Å². The Hall–Kier alpha value is -3.59. The monoisotopic (exact) mass is 448 g/mol. The van der Waals surface area contributed by atoms with Crippen LogP contribution in [-0.2, 0) is 22.4 Å². The molecule has 3 heterocycles. The predicted octanol–water partition coefficient (Wildman–Crippen LogP) is 2.41. The average Bonchev–Trinajstić information content (AvgIpc) is 3.33. The maximum Gasteiger partial charge on any atom is 0.238 e. The van der Waals surface area contributed by atoms with Crippen molar-refractivity contribution in [3.63, 3.8) is 0 Å². The summed E-state index contributed by atoms with van der Waals surface area (Å²) in [5.41, 5.74) is 2.81. The van der Waals surface area contributed by atoms with Crippen LogP contribution in [0.2, 0.25) is 0 Å². The van der Waals surface area contributed by atoms with Gasteiger partial charge in [0.05, 0.1) is 6.54 Å². The Morgan fingerprint density at radius 2 is 1.82 bits per heavy atom. The number of anilines is 1. The Labute approximate surface area is 192 Å². The smallest absolute Gasteiger partial charge is 0.238 e. The lowest BCUT2D eigenvalue weighted by molar-refractivity contribution is -0.133. The van der Waals surface area contributed by atoms with Gasteiger partial charge in [-0.15, -0.1) is 0 Å². The number of amides is 2. The second-order valence-corrected chi connectivity index (χ2v) is 7.96. The van der Waals surface area contributed by atoms with Gasteiger partial charge in [0, 0.05) is 62.7 Å². The molecule has 9 heteroatoms. The molecule has 9 nitrogen and oxygen atoms in total. The molecular weight excluding hydrogens is 420 g/mol. The average molecular weight is 449 g/mol. The summed E-state index contributed by atoms with van der Waals surface area (Å²) in [6.07, 6.45) is 4.92. The van der Waals surface area contributed by atoms with Gasteiger partial charge in [-0.3, -0.25) is 19.5 Å². The Kier molecular flexibility index (Phi) is 7.41. The van der Waals surface area contributed by atoms with Gasteiger partial charge < -0.3 is 14.7 Å². The van der Waals surface area contributed by atoms with Crippen molar-refractivity contribution in [3.8, 4) is 11.4 Å². The van der Waals surface area contributed by atoms with E-state index in [0.717, 1.165) is 23.2 Å². The molecule has 1 aliphatic heterocycles. The van der Waals surface area contributed by atoms with Gasteiger partial charge in [0.1, 0.15) is 0 Å². The van der Waals surface area contributed by atoms with Crippen LogP contribution < -0.4 is 5.32 Å². The zero-order chi connectivity index (χ0) is 23.0. The van der Waals surface area contributed by atoms with Crippen LogP contribution in [-0.4, -0.2) is 69.5 Å². The number of benzene rings is 1. The van der Waals surface area contributed by atoms with Crippen molar-refractivity contribution < 1.29 is 14.1 Å². The molecule has 0 aliphatic carbocycles. The van der Waals surface area contributed by atoms with Crippen molar-refractivity contribution in [1.29, 1.82) is 0 Å². The summed E-state index contributed by atoms with van der Waals surface area (Å²) >= 11 is 0. The molecule has 0 spiro atoms. The topological polar surface area (TPSA) is 104 Å². The van der Waals surface area contributed by atoms with Crippen LogP contribution in [0.25, 0.3) is 11.4 Å². The van der Waals surface area contributed by atoms with Crippen LogP contribution >= 0.6 is 0 Å². The van der Waals surface area contributed by atoms with Gasteiger partial charge in [-0.2, -0.15) is 4.98 Å². The molecule has 2 amide bonds. The number of hydrogen-bond donors (Lipinski definition) is 1. The Morgan fingerprint density at radius 1 is 1.06 bits per heavy atom. The van der Waals surface area contributed by atoms with Gasteiger partial charge in [-0.1, -0.05) is 30.3 Å². The van der Waals surface area contributed by atoms with E-state index in [1.165, 1.54) is 0 Å². The van der Waals surface area contributed by atoms with Crippen molar-refractivity contribution in [2.75, 3.05) is 38.0 Å². The molecule has 0 atom stereocenters. The first-order valence-corrected chi connectivity index (χ1v) is 11.2. The van der Waals surface area contributed by atoms with Crippen molar-refractivity contribution in [1.82, 2.24) is 24.9 Å². The molecule has 0 radical (unpaired) electrons. The third-order valence-corrected chi connectivity index (χ3v) is 5.72. The number of nitrogens with one attached hydrogen (secondary N) is 1. The van der Waals surface area contributed by atoms with Crippen molar-refractivity contribution in [2.24, 2.45) is 0 Å². The van der Waals surface area contributed by atoms with Gasteiger partial charge >= 0.3 is 0 Å². The fourth-order valence-electron chi connectivity index (χ4n) is 3.85. The Morgan fingerprint density at radius 3 is 2.58 bits per heavy atom. The van der Waals surface area contributed by atoms with E-state index in [-0.39, 0.29) is 11.8 Å². The highest BCUT2D eigenvalue weighted by Crippen LogP contribution is 2.16. The van der Waals surface area contributed by atoms with Crippen LogP contribution in [0.5, 0.6) is 0 Å². The van der Waals surface area contributed by atoms with Crippen molar-refractivity contribution in [3.05, 3.63) is 60.2 Å². The number of rotatable bonds is 8. The molecule has 1 aromatic carbocycles. The second kappa shape index (κ2) is 10.8. The molecular formula is C24H28N6O3. The molecule has 1 aliphatic rings. The minimum Gasteiger partial charge on any atom is -0.340 e. The molecule has 172 valence electrons. The lowest BCUT2D eigenvalue weighted by Crippen LogP contribution is -2.50. The van der Waals surface area contributed by atoms with Crippen LogP contribution in [0.4, 0.5) is 5.69 Å². The fourth-order valence-corrected chi connectivity index (χ4v) is 3.85. The van der Waals surface area contributed by atoms with Crippen LogP contribution in [0, 0.1) is 0 Å². The highest BCUT2D eigenvalue weighted by Gasteiger charge is 2.23. The van der Waals surface area contributed by atoms with Crippen molar-refractivity contribution in [2.45, 2.75) is 26.2 Å². The largest absolute Gasteiger partial charge is 0.340 e. The fraction of sp³-hybridized carbons (Fsp3) is 0.375. The number of hydrogen-bond acceptors (Lipinski definition) is 7. The number of aromatic nitrogens is 3. The Bertz CT molecular complexity index is 1080. The van der Waals surface area contributed by atoms with Gasteiger partial charge in [0.25, 0.3) is 0 Å². The first-order chi connectivity index (χ1) is 16.1. The summed E-state index contributed by atoms with van der Waals surface area (Å²) in [4.78, 5) is 37.3. The molecule has 4 rings (SSSR count). The minimum atomic E-state index is -0.0305. The lowest BCUT2D eigenvalue weighted by atomic mass is 10.1. The molecule has 0 unspecified atom stereocenters. The van der Waals surface area contributed by atoms with Crippen LogP contribution in [0.1, 0.15) is 24.8 Å². The van der Waals surface area contributed by atoms with E-state index in [9.17, 15) is 9.59 Å². The summed E-state index contributed by atoms with van der Waals surface area (Å²) < 4.78 is 5.28. The third kappa shape index (κ3) is 6.01. The molecule has 1 fully saturated rings. The maximum atomic E-state index is 12.6. The van der Waals surface area contributed by atoms with Crippen molar-refractivity contribution >= 4 is 17.5 Å². The molecule has 1 N–H and O–H groups in total. The lowest BCUT2D eigenvalue weighted by Gasteiger charge is -2.34. The third-order valence-electron chi connectivity index (χ3n) is 5.72. The highest BCUT2D eigenvalue weighted by molar-refractivity contribution is 5.93. The van der Waals surface area contributed by atoms with E-state index >= 15 is 0 Å². The Balaban J connectivity index is 1.20. The van der Waals surface area contributed by atoms with Gasteiger partial charge in [-0.25, -0.2) is 0 Å². The highest BCUT2D eigenvalue weighted by atomic mass is 16.5. The van der Waals surface area contributed by atoms with Crippen LogP contribution in [0.3, 0.4) is 0 Å². The number of piperazine rings is 1. The summed E-state index contributed by atoms with van der Waals surface area (Å²) in [7, 11) is 0. The zero-order valence-corrected chi connectivity index (χ0v) is 18.7. The molecule has 3 aromatic rings. The van der Waals surface area contributed by atoms with Gasteiger partial charge in [0.2, 0.25) is 23.5 Å². The molecule has 2 aromatic heterocycles. The number of carbonyl (C=O) groups is 2. The number of pyridine rings is 1.